The molecule has 0 atom stereocenters. The van der Waals surface area contributed by atoms with Crippen molar-refractivity contribution in [1.82, 2.24) is 0 Å². The van der Waals surface area contributed by atoms with Gasteiger partial charge < -0.3 is 5.11 Å². The summed E-state index contributed by atoms with van der Waals surface area (Å²) in [5.74, 6) is -0.329. The van der Waals surface area contributed by atoms with Crippen LogP contribution < -0.4 is 0 Å². The fourth-order valence-electron chi connectivity index (χ4n) is 1.03. The van der Waals surface area contributed by atoms with Crippen LogP contribution in [-0.4, -0.2) is 5.11 Å². The normalized spacial score (nSPS) is 10.6. The van der Waals surface area contributed by atoms with Crippen LogP contribution >= 0.6 is 11.3 Å². The molecular weight excluding hydrogens is 163 g/mol. The maximum atomic E-state index is 12.9. The fourth-order valence-corrected chi connectivity index (χ4v) is 1.86. The first-order valence-corrected chi connectivity index (χ1v) is 4.01. The lowest BCUT2D eigenvalue weighted by molar-refractivity contribution is 0.481. The zero-order valence-corrected chi connectivity index (χ0v) is 6.36. The first-order valence-electron chi connectivity index (χ1n) is 3.14. The molecule has 1 nitrogen and oxygen atoms in total. The van der Waals surface area contributed by atoms with Gasteiger partial charge >= 0.3 is 0 Å². The molecule has 3 heteroatoms. The molecule has 0 saturated carbocycles. The Hall–Kier alpha value is -1.09. The predicted molar refractivity (Wildman–Crippen MR) is 43.4 cm³/mol. The van der Waals surface area contributed by atoms with Gasteiger partial charge in [0.2, 0.25) is 0 Å². The van der Waals surface area contributed by atoms with Gasteiger partial charge in [-0.25, -0.2) is 4.39 Å². The van der Waals surface area contributed by atoms with Gasteiger partial charge in [0.15, 0.2) is 0 Å². The Kier molecular flexibility index (Phi) is 1.32. The molecule has 0 unspecified atom stereocenters. The molecule has 2 rings (SSSR count). The number of benzene rings is 1. The van der Waals surface area contributed by atoms with Crippen LogP contribution in [0.15, 0.2) is 23.6 Å². The lowest BCUT2D eigenvalue weighted by Gasteiger charge is -1.90. The lowest BCUT2D eigenvalue weighted by atomic mass is 10.2. The average Bonchev–Trinajstić information content (AvgIpc) is 2.34. The quantitative estimate of drug-likeness (QED) is 0.641. The molecule has 0 aliphatic rings. The molecule has 0 fully saturated rings. The molecule has 1 N–H and O–H groups in total. The summed E-state index contributed by atoms with van der Waals surface area (Å²) < 4.78 is 13.7. The van der Waals surface area contributed by atoms with Gasteiger partial charge in [0.25, 0.3) is 0 Å². The molecule has 1 aromatic heterocycles. The van der Waals surface area contributed by atoms with E-state index in [1.807, 2.05) is 0 Å². The van der Waals surface area contributed by atoms with E-state index < -0.39 is 0 Å². The van der Waals surface area contributed by atoms with Crippen LogP contribution in [0.2, 0.25) is 0 Å². The lowest BCUT2D eigenvalue weighted by Crippen LogP contribution is -1.72. The summed E-state index contributed by atoms with van der Waals surface area (Å²) in [6, 6.07) is 4.76. The topological polar surface area (TPSA) is 20.2 Å². The standard InChI is InChI=1S/C8H5FOS/c9-5-2-1-3-7-8(5)6(10)4-11-7/h1-4,10H. The van der Waals surface area contributed by atoms with Crippen molar-refractivity contribution in [3.8, 4) is 5.75 Å². The summed E-state index contributed by atoms with van der Waals surface area (Å²) in [6.45, 7) is 0. The Bertz CT molecular complexity index is 394. The highest BCUT2D eigenvalue weighted by molar-refractivity contribution is 7.17. The maximum Gasteiger partial charge on any atom is 0.137 e. The van der Waals surface area contributed by atoms with Gasteiger partial charge in [-0.1, -0.05) is 6.07 Å². The summed E-state index contributed by atoms with van der Waals surface area (Å²) in [7, 11) is 0. The van der Waals surface area contributed by atoms with E-state index >= 15 is 0 Å². The van der Waals surface area contributed by atoms with E-state index in [2.05, 4.69) is 0 Å². The maximum absolute atomic E-state index is 12.9. The van der Waals surface area contributed by atoms with Crippen LogP contribution in [0.5, 0.6) is 5.75 Å². The van der Waals surface area contributed by atoms with Gasteiger partial charge in [-0.05, 0) is 12.1 Å². The van der Waals surface area contributed by atoms with Crippen LogP contribution in [0, 0.1) is 5.82 Å². The average molecular weight is 168 g/mol. The van der Waals surface area contributed by atoms with E-state index in [4.69, 9.17) is 5.11 Å². The van der Waals surface area contributed by atoms with Crippen LogP contribution in [0.4, 0.5) is 4.39 Å². The zero-order chi connectivity index (χ0) is 7.84. The Morgan fingerprint density at radius 3 is 2.91 bits per heavy atom. The van der Waals surface area contributed by atoms with Crippen LogP contribution in [0.1, 0.15) is 0 Å². The third-order valence-electron chi connectivity index (χ3n) is 1.53. The first kappa shape index (κ1) is 6.61. The minimum atomic E-state index is -0.360. The van der Waals surface area contributed by atoms with E-state index in [1.54, 1.807) is 12.1 Å². The molecule has 0 radical (unpaired) electrons. The van der Waals surface area contributed by atoms with E-state index in [1.165, 1.54) is 22.8 Å². The molecule has 0 aliphatic heterocycles. The molecule has 0 saturated heterocycles. The molecule has 1 aromatic carbocycles. The molecule has 2 aromatic rings. The predicted octanol–water partition coefficient (Wildman–Crippen LogP) is 2.75. The molecule has 56 valence electrons. The highest BCUT2D eigenvalue weighted by Crippen LogP contribution is 2.32. The zero-order valence-electron chi connectivity index (χ0n) is 5.54. The van der Waals surface area contributed by atoms with Crippen molar-refractivity contribution < 1.29 is 9.50 Å². The third kappa shape index (κ3) is 0.886. The molecule has 11 heavy (non-hydrogen) atoms. The monoisotopic (exact) mass is 168 g/mol. The van der Waals surface area contributed by atoms with Crippen molar-refractivity contribution in [3.05, 3.63) is 29.4 Å². The SMILES string of the molecule is Oc1csc2cccc(F)c12. The summed E-state index contributed by atoms with van der Waals surface area (Å²) >= 11 is 1.34. The highest BCUT2D eigenvalue weighted by atomic mass is 32.1. The number of aromatic hydroxyl groups is 1. The van der Waals surface area contributed by atoms with Gasteiger partial charge in [-0.15, -0.1) is 11.3 Å². The van der Waals surface area contributed by atoms with Crippen LogP contribution in [-0.2, 0) is 0 Å². The van der Waals surface area contributed by atoms with Crippen LogP contribution in [0.3, 0.4) is 0 Å². The smallest absolute Gasteiger partial charge is 0.137 e. The number of hydrogen-bond acceptors (Lipinski definition) is 2. The number of rotatable bonds is 0. The van der Waals surface area contributed by atoms with Gasteiger partial charge in [0, 0.05) is 10.1 Å². The van der Waals surface area contributed by atoms with E-state index in [0.29, 0.717) is 5.39 Å². The number of thiophene rings is 1. The summed E-state index contributed by atoms with van der Waals surface area (Å²) in [4.78, 5) is 0. The Morgan fingerprint density at radius 1 is 1.36 bits per heavy atom. The summed E-state index contributed by atoms with van der Waals surface area (Å²) in [6.07, 6.45) is 0. The van der Waals surface area contributed by atoms with Crippen molar-refractivity contribution in [2.24, 2.45) is 0 Å². The highest BCUT2D eigenvalue weighted by Gasteiger charge is 2.05. The molecule has 0 aliphatic carbocycles. The van der Waals surface area contributed by atoms with Crippen molar-refractivity contribution in [1.29, 1.82) is 0 Å². The van der Waals surface area contributed by atoms with E-state index in [-0.39, 0.29) is 11.6 Å². The van der Waals surface area contributed by atoms with Gasteiger partial charge in [-0.3, -0.25) is 0 Å². The summed E-state index contributed by atoms with van der Waals surface area (Å²) in [5, 5.41) is 11.0. The minimum Gasteiger partial charge on any atom is -0.506 e. The van der Waals surface area contributed by atoms with Gasteiger partial charge in [0.05, 0.1) is 5.39 Å². The number of halogens is 1. The number of fused-ring (bicyclic) bond motifs is 1. The fraction of sp³-hybridized carbons (Fsp3) is 0. The number of hydrogen-bond donors (Lipinski definition) is 1. The minimum absolute atomic E-state index is 0.0306. The second-order valence-electron chi connectivity index (χ2n) is 2.23. The second kappa shape index (κ2) is 2.20. The van der Waals surface area contributed by atoms with E-state index in [9.17, 15) is 4.39 Å². The molecule has 0 spiro atoms. The Morgan fingerprint density at radius 2 is 2.18 bits per heavy atom. The van der Waals surface area contributed by atoms with Crippen molar-refractivity contribution in [2.75, 3.05) is 0 Å². The summed E-state index contributed by atoms with van der Waals surface area (Å²) in [5.41, 5.74) is 0. The first-order chi connectivity index (χ1) is 5.29. The molecule has 1 heterocycles. The van der Waals surface area contributed by atoms with Gasteiger partial charge in [0.1, 0.15) is 11.6 Å². The van der Waals surface area contributed by atoms with Gasteiger partial charge in [-0.2, -0.15) is 0 Å². The largest absolute Gasteiger partial charge is 0.506 e. The van der Waals surface area contributed by atoms with Crippen molar-refractivity contribution in [3.63, 3.8) is 0 Å². The third-order valence-corrected chi connectivity index (χ3v) is 2.46. The van der Waals surface area contributed by atoms with E-state index in [0.717, 1.165) is 4.70 Å². The van der Waals surface area contributed by atoms with Crippen LogP contribution in [0.25, 0.3) is 10.1 Å². The molecule has 0 bridgehead atoms. The molecular formula is C8H5FOS. The van der Waals surface area contributed by atoms with Crippen molar-refractivity contribution in [2.45, 2.75) is 0 Å². The second-order valence-corrected chi connectivity index (χ2v) is 3.15. The van der Waals surface area contributed by atoms with Crippen molar-refractivity contribution >= 4 is 21.4 Å². The Balaban J connectivity index is 2.96. The molecule has 0 amide bonds. The Labute approximate surface area is 66.7 Å².